The van der Waals surface area contributed by atoms with Crippen molar-refractivity contribution in [3.05, 3.63) is 23.8 Å². The largest absolute Gasteiger partial charge is 0.314 e. The van der Waals surface area contributed by atoms with Crippen molar-refractivity contribution < 1.29 is 4.79 Å². The fourth-order valence-corrected chi connectivity index (χ4v) is 2.62. The maximum Gasteiger partial charge on any atom is 0.221 e. The number of hydrogen-bond acceptors (Lipinski definition) is 5. The van der Waals surface area contributed by atoms with Crippen LogP contribution in [0.3, 0.4) is 0 Å². The number of hydrogen-bond donors (Lipinski definition) is 3. The van der Waals surface area contributed by atoms with E-state index < -0.39 is 0 Å². The van der Waals surface area contributed by atoms with Crippen LogP contribution < -0.4 is 22.1 Å². The van der Waals surface area contributed by atoms with Crippen molar-refractivity contribution in [1.29, 1.82) is 0 Å². The number of rotatable bonds is 4. The number of hydrazine groups is 2. The Labute approximate surface area is 114 Å². The van der Waals surface area contributed by atoms with Crippen molar-refractivity contribution in [3.8, 4) is 0 Å². The van der Waals surface area contributed by atoms with Gasteiger partial charge in [0.05, 0.1) is 5.69 Å². The fraction of sp³-hybridized carbons (Fsp3) is 0.300. The second-order valence-electron chi connectivity index (χ2n) is 2.99. The second-order valence-corrected chi connectivity index (χ2v) is 4.40. The number of carbonyl (C=O) groups excluding carboxylic acids is 1. The van der Waals surface area contributed by atoms with E-state index >= 15 is 0 Å². The van der Waals surface area contributed by atoms with E-state index in [4.69, 9.17) is 10.6 Å². The molecule has 0 unspecified atom stereocenters. The molecule has 0 heterocycles. The maximum absolute atomic E-state index is 8.94. The van der Waals surface area contributed by atoms with Gasteiger partial charge in [-0.15, -0.1) is 11.8 Å². The standard InChI is InChI=1S/C9H13BrN2S.CH4N2O/c1-12(11)8-4-3-5-9(13-2)7(8)6-10;2-3-1-4/h3-5H,6,11H2,1-2H3;1H,2H2,(H,3,4). The van der Waals surface area contributed by atoms with E-state index in [1.54, 1.807) is 22.2 Å². The Balaban J connectivity index is 0.000000557. The number of carbonyl (C=O) groups is 1. The van der Waals surface area contributed by atoms with Gasteiger partial charge in [0.15, 0.2) is 0 Å². The van der Waals surface area contributed by atoms with Gasteiger partial charge in [0, 0.05) is 22.8 Å². The summed E-state index contributed by atoms with van der Waals surface area (Å²) in [5.41, 5.74) is 4.07. The summed E-state index contributed by atoms with van der Waals surface area (Å²) < 4.78 is 0. The Morgan fingerprint density at radius 3 is 2.53 bits per heavy atom. The van der Waals surface area contributed by atoms with Crippen LogP contribution in [0, 0.1) is 0 Å². The van der Waals surface area contributed by atoms with Gasteiger partial charge in [-0.25, -0.2) is 11.7 Å². The molecule has 0 atom stereocenters. The molecule has 0 aromatic heterocycles. The molecule has 5 nitrogen and oxygen atoms in total. The smallest absolute Gasteiger partial charge is 0.221 e. The van der Waals surface area contributed by atoms with Gasteiger partial charge >= 0.3 is 0 Å². The Morgan fingerprint density at radius 1 is 1.59 bits per heavy atom. The molecule has 0 saturated carbocycles. The quantitative estimate of drug-likeness (QED) is 0.194. The lowest BCUT2D eigenvalue weighted by molar-refractivity contribution is -0.109. The third kappa shape index (κ3) is 5.40. The molecule has 0 bridgehead atoms. The van der Waals surface area contributed by atoms with Gasteiger partial charge < -0.3 is 5.01 Å². The fourth-order valence-electron chi connectivity index (χ4n) is 1.21. The lowest BCUT2D eigenvalue weighted by Gasteiger charge is -2.17. The number of nitrogens with one attached hydrogen (secondary N) is 1. The molecule has 1 amide bonds. The van der Waals surface area contributed by atoms with Crippen molar-refractivity contribution in [2.24, 2.45) is 11.7 Å². The lowest BCUT2D eigenvalue weighted by Crippen LogP contribution is -2.26. The minimum absolute atomic E-state index is 0.403. The number of thioether (sulfide) groups is 1. The second kappa shape index (κ2) is 9.29. The molecule has 0 aliphatic carbocycles. The van der Waals surface area contributed by atoms with Gasteiger partial charge in [-0.2, -0.15) is 0 Å². The number of nitrogens with two attached hydrogens (primary N) is 2. The van der Waals surface area contributed by atoms with Crippen molar-refractivity contribution in [1.82, 2.24) is 5.43 Å². The Kier molecular flexibility index (Phi) is 8.87. The molecule has 7 heteroatoms. The first-order valence-electron chi connectivity index (χ1n) is 4.72. The highest BCUT2D eigenvalue weighted by atomic mass is 79.9. The first-order valence-corrected chi connectivity index (χ1v) is 7.07. The van der Waals surface area contributed by atoms with Gasteiger partial charge in [-0.05, 0) is 18.4 Å². The first kappa shape index (κ1) is 16.2. The summed E-state index contributed by atoms with van der Waals surface area (Å²) in [5.74, 6) is 10.1. The van der Waals surface area contributed by atoms with E-state index in [1.165, 1.54) is 10.5 Å². The van der Waals surface area contributed by atoms with Gasteiger partial charge in [-0.1, -0.05) is 22.0 Å². The Hall–Kier alpha value is -0.760. The van der Waals surface area contributed by atoms with E-state index in [1.807, 2.05) is 19.2 Å². The molecular weight excluding hydrogens is 304 g/mol. The molecule has 1 aromatic carbocycles. The van der Waals surface area contributed by atoms with Crippen molar-refractivity contribution in [3.63, 3.8) is 0 Å². The third-order valence-electron chi connectivity index (χ3n) is 1.91. The monoisotopic (exact) mass is 320 g/mol. The molecule has 1 aromatic rings. The Bertz CT molecular complexity index is 349. The zero-order chi connectivity index (χ0) is 13.3. The van der Waals surface area contributed by atoms with Crippen molar-refractivity contribution in [2.45, 2.75) is 10.2 Å². The average Bonchev–Trinajstić information content (AvgIpc) is 2.37. The molecule has 0 radical (unpaired) electrons. The van der Waals surface area contributed by atoms with Crippen LogP contribution in [0.5, 0.6) is 0 Å². The van der Waals surface area contributed by atoms with Crippen LogP contribution in [0.2, 0.25) is 0 Å². The number of amides is 1. The van der Waals surface area contributed by atoms with Gasteiger partial charge in [0.1, 0.15) is 0 Å². The molecule has 17 heavy (non-hydrogen) atoms. The number of benzene rings is 1. The highest BCUT2D eigenvalue weighted by molar-refractivity contribution is 9.08. The Morgan fingerprint density at radius 2 is 2.18 bits per heavy atom. The van der Waals surface area contributed by atoms with Crippen LogP contribution in [0.1, 0.15) is 5.56 Å². The number of anilines is 1. The number of nitrogens with zero attached hydrogens (tertiary/aromatic N) is 1. The van der Waals surface area contributed by atoms with Crippen LogP contribution in [0.15, 0.2) is 23.1 Å². The van der Waals surface area contributed by atoms with Crippen LogP contribution in [0.25, 0.3) is 0 Å². The molecule has 0 aliphatic heterocycles. The summed E-state index contributed by atoms with van der Waals surface area (Å²) in [4.78, 5) is 10.2. The summed E-state index contributed by atoms with van der Waals surface area (Å²) in [5, 5.41) is 2.48. The molecule has 1 rings (SSSR count). The zero-order valence-corrected chi connectivity index (χ0v) is 12.2. The van der Waals surface area contributed by atoms with E-state index in [2.05, 4.69) is 34.1 Å². The van der Waals surface area contributed by atoms with Crippen molar-refractivity contribution >= 4 is 39.8 Å². The van der Waals surface area contributed by atoms with E-state index in [0.29, 0.717) is 6.41 Å². The maximum atomic E-state index is 8.94. The molecular formula is C10H17BrN4OS. The molecule has 0 fully saturated rings. The highest BCUT2D eigenvalue weighted by Crippen LogP contribution is 2.29. The number of halogens is 1. The SMILES string of the molecule is CSc1cccc(N(C)N)c1CBr.NNC=O. The minimum Gasteiger partial charge on any atom is -0.314 e. The predicted molar refractivity (Wildman–Crippen MR) is 76.8 cm³/mol. The van der Waals surface area contributed by atoms with Gasteiger partial charge in [-0.3, -0.25) is 10.2 Å². The highest BCUT2D eigenvalue weighted by Gasteiger charge is 2.07. The normalized spacial score (nSPS) is 9.00. The van der Waals surface area contributed by atoms with Crippen molar-refractivity contribution in [2.75, 3.05) is 18.3 Å². The van der Waals surface area contributed by atoms with E-state index in [-0.39, 0.29) is 0 Å². The van der Waals surface area contributed by atoms with Crippen LogP contribution in [-0.4, -0.2) is 19.7 Å². The van der Waals surface area contributed by atoms with Crippen LogP contribution >= 0.6 is 27.7 Å². The summed E-state index contributed by atoms with van der Waals surface area (Å²) in [6.45, 7) is 0. The predicted octanol–water partition coefficient (Wildman–Crippen LogP) is 1.22. The number of alkyl halides is 1. The summed E-state index contributed by atoms with van der Waals surface area (Å²) in [6, 6.07) is 6.15. The average molecular weight is 321 g/mol. The van der Waals surface area contributed by atoms with E-state index in [9.17, 15) is 0 Å². The third-order valence-corrected chi connectivity index (χ3v) is 3.29. The molecule has 0 spiro atoms. The first-order chi connectivity index (χ1) is 8.12. The summed E-state index contributed by atoms with van der Waals surface area (Å²) >= 11 is 5.21. The van der Waals surface area contributed by atoms with E-state index in [0.717, 1.165) is 11.0 Å². The summed E-state index contributed by atoms with van der Waals surface area (Å²) in [7, 11) is 1.85. The van der Waals surface area contributed by atoms with Gasteiger partial charge in [0.25, 0.3) is 0 Å². The minimum atomic E-state index is 0.403. The summed E-state index contributed by atoms with van der Waals surface area (Å²) in [6.07, 6.45) is 2.47. The molecule has 0 aliphatic rings. The molecule has 0 saturated heterocycles. The van der Waals surface area contributed by atoms with Crippen LogP contribution in [-0.2, 0) is 10.1 Å². The van der Waals surface area contributed by atoms with Crippen LogP contribution in [0.4, 0.5) is 5.69 Å². The molecule has 96 valence electrons. The molecule has 5 N–H and O–H groups in total. The zero-order valence-electron chi connectivity index (χ0n) is 9.81. The van der Waals surface area contributed by atoms with Gasteiger partial charge in [0.2, 0.25) is 6.41 Å². The topological polar surface area (TPSA) is 84.4 Å². The lowest BCUT2D eigenvalue weighted by atomic mass is 10.2.